The second-order valence-electron chi connectivity index (χ2n) is 7.38. The van der Waals surface area contributed by atoms with E-state index in [4.69, 9.17) is 4.98 Å². The van der Waals surface area contributed by atoms with Crippen LogP contribution in [0.5, 0.6) is 0 Å². The Balaban J connectivity index is 1.41. The number of nitrogens with zero attached hydrogens (tertiary/aromatic N) is 4. The SMILES string of the molecule is CCc1ccc(NC(=O)CSc2ncnc3nc(N4CCC(C)CC4)sc23)cc1. The summed E-state index contributed by atoms with van der Waals surface area (Å²) in [4.78, 5) is 28.2. The molecule has 152 valence electrons. The summed E-state index contributed by atoms with van der Waals surface area (Å²) in [6, 6.07) is 7.96. The quantitative estimate of drug-likeness (QED) is 0.457. The van der Waals surface area contributed by atoms with E-state index in [-0.39, 0.29) is 5.91 Å². The monoisotopic (exact) mass is 427 g/mol. The Hall–Kier alpha value is -2.19. The van der Waals surface area contributed by atoms with Crippen LogP contribution in [0.1, 0.15) is 32.3 Å². The normalized spacial score (nSPS) is 15.0. The van der Waals surface area contributed by atoms with Gasteiger partial charge in [-0.3, -0.25) is 4.79 Å². The first-order valence-corrected chi connectivity index (χ1v) is 11.8. The molecule has 1 saturated heterocycles. The van der Waals surface area contributed by atoms with Gasteiger partial charge in [0.2, 0.25) is 5.91 Å². The summed E-state index contributed by atoms with van der Waals surface area (Å²) in [5, 5.41) is 4.78. The summed E-state index contributed by atoms with van der Waals surface area (Å²) in [5.74, 6) is 1.04. The molecule has 4 rings (SSSR count). The maximum Gasteiger partial charge on any atom is 0.234 e. The zero-order chi connectivity index (χ0) is 20.2. The largest absolute Gasteiger partial charge is 0.348 e. The Morgan fingerprint density at radius 2 is 2.00 bits per heavy atom. The molecule has 1 aliphatic heterocycles. The maximum absolute atomic E-state index is 12.4. The van der Waals surface area contributed by atoms with Gasteiger partial charge in [0.15, 0.2) is 10.8 Å². The number of fused-ring (bicyclic) bond motifs is 1. The van der Waals surface area contributed by atoms with Crippen LogP contribution in [0.4, 0.5) is 10.8 Å². The number of anilines is 2. The Bertz CT molecular complexity index is 980. The third-order valence-corrected chi connectivity index (χ3v) is 7.42. The van der Waals surface area contributed by atoms with Crippen LogP contribution < -0.4 is 10.2 Å². The summed E-state index contributed by atoms with van der Waals surface area (Å²) < 4.78 is 0.964. The fourth-order valence-electron chi connectivity index (χ4n) is 3.32. The van der Waals surface area contributed by atoms with Crippen molar-refractivity contribution in [3.05, 3.63) is 36.2 Å². The number of carbonyl (C=O) groups is 1. The maximum atomic E-state index is 12.4. The van der Waals surface area contributed by atoms with E-state index >= 15 is 0 Å². The number of thioether (sulfide) groups is 1. The third-order valence-electron chi connectivity index (χ3n) is 5.19. The zero-order valence-electron chi connectivity index (χ0n) is 16.7. The fraction of sp³-hybridized carbons (Fsp3) is 0.429. The van der Waals surface area contributed by atoms with E-state index in [1.54, 1.807) is 11.3 Å². The summed E-state index contributed by atoms with van der Waals surface area (Å²) in [5.41, 5.74) is 2.79. The van der Waals surface area contributed by atoms with E-state index < -0.39 is 0 Å². The van der Waals surface area contributed by atoms with Crippen LogP contribution in [-0.4, -0.2) is 39.7 Å². The molecular formula is C21H25N5OS2. The van der Waals surface area contributed by atoms with Gasteiger partial charge in [0, 0.05) is 18.8 Å². The van der Waals surface area contributed by atoms with Crippen LogP contribution in [0, 0.1) is 5.92 Å². The van der Waals surface area contributed by atoms with E-state index in [2.05, 4.69) is 34.0 Å². The highest BCUT2D eigenvalue weighted by Gasteiger charge is 2.20. The number of carbonyl (C=O) groups excluding carboxylic acids is 1. The predicted octanol–water partition coefficient (Wildman–Crippen LogP) is 4.62. The average molecular weight is 428 g/mol. The molecule has 1 aromatic carbocycles. The Kier molecular flexibility index (Phi) is 6.30. The fourth-order valence-corrected chi connectivity index (χ4v) is 5.26. The van der Waals surface area contributed by atoms with E-state index in [0.717, 1.165) is 51.6 Å². The van der Waals surface area contributed by atoms with Crippen LogP contribution in [0.25, 0.3) is 10.3 Å². The Labute approximate surface area is 179 Å². The van der Waals surface area contributed by atoms with Gasteiger partial charge in [-0.1, -0.05) is 49.1 Å². The van der Waals surface area contributed by atoms with Gasteiger partial charge in [0.1, 0.15) is 16.1 Å². The molecule has 1 aliphatic rings. The van der Waals surface area contributed by atoms with Gasteiger partial charge in [-0.15, -0.1) is 0 Å². The average Bonchev–Trinajstić information content (AvgIpc) is 3.18. The number of benzene rings is 1. The first kappa shape index (κ1) is 20.1. The van der Waals surface area contributed by atoms with Gasteiger partial charge in [0.25, 0.3) is 0 Å². The minimum absolute atomic E-state index is 0.0410. The molecule has 29 heavy (non-hydrogen) atoms. The molecule has 0 atom stereocenters. The van der Waals surface area contributed by atoms with Crippen molar-refractivity contribution < 1.29 is 4.79 Å². The van der Waals surface area contributed by atoms with Crippen LogP contribution in [-0.2, 0) is 11.2 Å². The second-order valence-corrected chi connectivity index (χ2v) is 9.33. The molecule has 2 aromatic heterocycles. The molecule has 8 heteroatoms. The van der Waals surface area contributed by atoms with Crippen molar-refractivity contribution >= 4 is 50.2 Å². The predicted molar refractivity (Wildman–Crippen MR) is 121 cm³/mol. The number of aryl methyl sites for hydroxylation is 1. The highest BCUT2D eigenvalue weighted by atomic mass is 32.2. The lowest BCUT2D eigenvalue weighted by Gasteiger charge is -2.29. The lowest BCUT2D eigenvalue weighted by molar-refractivity contribution is -0.113. The van der Waals surface area contributed by atoms with Crippen molar-refractivity contribution in [3.63, 3.8) is 0 Å². The van der Waals surface area contributed by atoms with Crippen molar-refractivity contribution in [1.82, 2.24) is 15.0 Å². The number of hydrogen-bond donors (Lipinski definition) is 1. The molecule has 1 amide bonds. The molecule has 0 unspecified atom stereocenters. The van der Waals surface area contributed by atoms with Gasteiger partial charge in [-0.05, 0) is 42.9 Å². The summed E-state index contributed by atoms with van der Waals surface area (Å²) in [6.45, 7) is 6.49. The minimum atomic E-state index is -0.0410. The summed E-state index contributed by atoms with van der Waals surface area (Å²) in [6.07, 6.45) is 4.92. The van der Waals surface area contributed by atoms with Crippen molar-refractivity contribution in [2.45, 2.75) is 38.1 Å². The van der Waals surface area contributed by atoms with Crippen molar-refractivity contribution in [2.24, 2.45) is 5.92 Å². The molecule has 0 spiro atoms. The van der Waals surface area contributed by atoms with Crippen molar-refractivity contribution in [2.75, 3.05) is 29.1 Å². The first-order chi connectivity index (χ1) is 14.1. The van der Waals surface area contributed by atoms with E-state index in [0.29, 0.717) is 5.75 Å². The van der Waals surface area contributed by atoms with Gasteiger partial charge >= 0.3 is 0 Å². The number of nitrogens with one attached hydrogen (secondary N) is 1. The Morgan fingerprint density at radius 1 is 1.24 bits per heavy atom. The topological polar surface area (TPSA) is 71.0 Å². The zero-order valence-corrected chi connectivity index (χ0v) is 18.4. The van der Waals surface area contributed by atoms with Gasteiger partial charge in [0.05, 0.1) is 5.75 Å². The van der Waals surface area contributed by atoms with Gasteiger partial charge in [-0.25, -0.2) is 9.97 Å². The summed E-state index contributed by atoms with van der Waals surface area (Å²) >= 11 is 3.06. The highest BCUT2D eigenvalue weighted by molar-refractivity contribution is 8.00. The minimum Gasteiger partial charge on any atom is -0.348 e. The molecule has 3 heterocycles. The molecule has 0 bridgehead atoms. The number of piperidine rings is 1. The molecule has 1 N–H and O–H groups in total. The lowest BCUT2D eigenvalue weighted by Crippen LogP contribution is -2.32. The lowest BCUT2D eigenvalue weighted by atomic mass is 10.00. The summed E-state index contributed by atoms with van der Waals surface area (Å²) in [7, 11) is 0. The molecule has 3 aromatic rings. The molecule has 1 fully saturated rings. The number of amides is 1. The second kappa shape index (κ2) is 9.09. The number of thiazole rings is 1. The standard InChI is InChI=1S/C21H25N5OS2/c1-3-15-4-6-16(7-5-15)24-17(27)12-28-20-18-19(22-13-23-20)25-21(29-18)26-10-8-14(2)9-11-26/h4-7,13-14H,3,8-12H2,1-2H3,(H,24,27). The number of aromatic nitrogens is 3. The van der Waals surface area contributed by atoms with E-state index in [1.807, 2.05) is 24.3 Å². The molecule has 0 aliphatic carbocycles. The highest BCUT2D eigenvalue weighted by Crippen LogP contribution is 2.35. The number of rotatable bonds is 6. The number of hydrogen-bond acceptors (Lipinski definition) is 7. The molecule has 0 saturated carbocycles. The smallest absolute Gasteiger partial charge is 0.234 e. The van der Waals surface area contributed by atoms with E-state index in [9.17, 15) is 4.79 Å². The Morgan fingerprint density at radius 3 is 2.72 bits per heavy atom. The van der Waals surface area contributed by atoms with E-state index in [1.165, 1.54) is 36.5 Å². The van der Waals surface area contributed by atoms with Crippen LogP contribution in [0.3, 0.4) is 0 Å². The van der Waals surface area contributed by atoms with Gasteiger partial charge in [-0.2, -0.15) is 4.98 Å². The molecule has 0 radical (unpaired) electrons. The third kappa shape index (κ3) is 4.87. The molecular weight excluding hydrogens is 402 g/mol. The van der Waals surface area contributed by atoms with Gasteiger partial charge < -0.3 is 10.2 Å². The van der Waals surface area contributed by atoms with Crippen LogP contribution in [0.15, 0.2) is 35.6 Å². The van der Waals surface area contributed by atoms with Crippen molar-refractivity contribution in [1.29, 1.82) is 0 Å². The first-order valence-electron chi connectivity index (χ1n) is 10.0. The van der Waals surface area contributed by atoms with Crippen LogP contribution in [0.2, 0.25) is 0 Å². The molecule has 6 nitrogen and oxygen atoms in total. The van der Waals surface area contributed by atoms with Crippen molar-refractivity contribution in [3.8, 4) is 0 Å². The van der Waals surface area contributed by atoms with Crippen LogP contribution >= 0.6 is 23.1 Å².